The highest BCUT2D eigenvalue weighted by molar-refractivity contribution is 6.24. The highest BCUT2D eigenvalue weighted by Gasteiger charge is 2.38. The van der Waals surface area contributed by atoms with Crippen molar-refractivity contribution in [2.45, 2.75) is 38.3 Å². The van der Waals surface area contributed by atoms with Gasteiger partial charge in [0.15, 0.2) is 11.5 Å². The van der Waals surface area contributed by atoms with Gasteiger partial charge < -0.3 is 5.32 Å². The molecule has 2 heterocycles. The van der Waals surface area contributed by atoms with Crippen LogP contribution in [0.4, 0.5) is 18.9 Å². The number of rotatable bonds is 7. The summed E-state index contributed by atoms with van der Waals surface area (Å²) in [6.45, 7) is 1.85. The Morgan fingerprint density at radius 1 is 1.37 bits per heavy atom. The van der Waals surface area contributed by atoms with E-state index in [4.69, 9.17) is 11.8 Å². The Labute approximate surface area is 176 Å². The van der Waals surface area contributed by atoms with Gasteiger partial charge in [-0.05, 0) is 44.0 Å². The summed E-state index contributed by atoms with van der Waals surface area (Å²) < 4.78 is 43.9. The second kappa shape index (κ2) is 9.25. The minimum atomic E-state index is -4.52. The predicted molar refractivity (Wildman–Crippen MR) is 109 cm³/mol. The van der Waals surface area contributed by atoms with Crippen LogP contribution in [0, 0.1) is 0 Å². The molecular weight excluding hydrogens is 419 g/mol. The fraction of sp³-hybridized carbons (Fsp3) is 0.300. The average Bonchev–Trinajstić information content (AvgIpc) is 3.44. The summed E-state index contributed by atoms with van der Waals surface area (Å²) in [5, 5.41) is 6.34. The Balaban J connectivity index is 1.71. The van der Waals surface area contributed by atoms with Crippen molar-refractivity contribution in [2.24, 2.45) is 4.51 Å². The van der Waals surface area contributed by atoms with Crippen LogP contribution in [-0.4, -0.2) is 26.4 Å². The minimum absolute atomic E-state index is 0.0424. The molecule has 0 aliphatic heterocycles. The van der Waals surface area contributed by atoms with Crippen LogP contribution >= 0.6 is 11.8 Å². The molecule has 30 heavy (non-hydrogen) atoms. The Kier molecular flexibility index (Phi) is 6.71. The van der Waals surface area contributed by atoms with E-state index in [1.807, 2.05) is 13.0 Å². The number of aromatic nitrogens is 3. The number of alkyl halides is 3. The molecule has 1 aliphatic rings. The number of nitrogens with zero attached hydrogens (tertiary/aromatic N) is 4. The van der Waals surface area contributed by atoms with E-state index in [2.05, 4.69) is 19.9 Å². The molecular formula is C20H19ClF3N5O. The monoisotopic (exact) mass is 437 g/mol. The number of anilines is 1. The van der Waals surface area contributed by atoms with Crippen LogP contribution < -0.4 is 5.32 Å². The highest BCUT2D eigenvalue weighted by Crippen LogP contribution is 2.42. The van der Waals surface area contributed by atoms with Crippen molar-refractivity contribution in [2.75, 3.05) is 5.32 Å². The number of allylic oxidation sites excluding steroid dienone is 4. The molecule has 1 amide bonds. The Bertz CT molecular complexity index is 989. The van der Waals surface area contributed by atoms with E-state index in [0.29, 0.717) is 17.1 Å². The smallest absolute Gasteiger partial charge is 0.324 e. The maximum Gasteiger partial charge on any atom is 0.435 e. The van der Waals surface area contributed by atoms with Crippen LogP contribution in [0.15, 0.2) is 53.2 Å². The fourth-order valence-corrected chi connectivity index (χ4v) is 2.85. The largest absolute Gasteiger partial charge is 0.435 e. The first-order valence-electron chi connectivity index (χ1n) is 9.22. The van der Waals surface area contributed by atoms with E-state index >= 15 is 0 Å². The average molecular weight is 438 g/mol. The van der Waals surface area contributed by atoms with Crippen molar-refractivity contribution in [1.82, 2.24) is 14.8 Å². The van der Waals surface area contributed by atoms with Crippen molar-refractivity contribution in [3.8, 4) is 5.82 Å². The lowest BCUT2D eigenvalue weighted by Crippen LogP contribution is -2.15. The first kappa shape index (κ1) is 21.8. The van der Waals surface area contributed by atoms with E-state index in [1.54, 1.807) is 24.3 Å². The van der Waals surface area contributed by atoms with Crippen molar-refractivity contribution in [3.05, 3.63) is 60.1 Å². The van der Waals surface area contributed by atoms with Crippen LogP contribution in [0.1, 0.15) is 43.5 Å². The molecule has 0 saturated heterocycles. The maximum absolute atomic E-state index is 13.0. The summed E-state index contributed by atoms with van der Waals surface area (Å²) in [5.74, 6) is -0.0486. The summed E-state index contributed by atoms with van der Waals surface area (Å²) >= 11 is 5.49. The van der Waals surface area contributed by atoms with E-state index in [0.717, 1.165) is 18.9 Å². The van der Waals surface area contributed by atoms with E-state index in [9.17, 15) is 18.0 Å². The van der Waals surface area contributed by atoms with Crippen LogP contribution in [0.3, 0.4) is 0 Å². The molecule has 1 N–H and O–H groups in total. The number of nitrogens with one attached hydrogen (secondary N) is 1. The van der Waals surface area contributed by atoms with Crippen LogP contribution in [0.5, 0.6) is 0 Å². The van der Waals surface area contributed by atoms with Gasteiger partial charge in [-0.2, -0.15) is 22.8 Å². The molecule has 6 nitrogen and oxygen atoms in total. The third kappa shape index (κ3) is 5.56. The van der Waals surface area contributed by atoms with Crippen LogP contribution in [0.25, 0.3) is 5.82 Å². The topological polar surface area (TPSA) is 72.2 Å². The highest BCUT2D eigenvalue weighted by atomic mass is 35.5. The third-order valence-electron chi connectivity index (χ3n) is 4.31. The molecule has 0 aromatic carbocycles. The summed E-state index contributed by atoms with van der Waals surface area (Å²) in [6.07, 6.45) is 5.37. The zero-order chi connectivity index (χ0) is 21.7. The van der Waals surface area contributed by atoms with Crippen molar-refractivity contribution >= 4 is 29.1 Å². The standard InChI is InChI=1S/C20H19ClF3N5O/c1-2-3-4-5-14(27-21)10-19(30)26-15-8-9-18(25-12-15)29-16(13-6-7-13)11-17(28-29)20(22,23)24/h2-5,8-9,11-13H,6-7,10H2,1H3,(H,26,30)/b3-2-,5-4-,27-14?. The molecule has 3 rings (SSSR count). The number of hydrogen-bond donors (Lipinski definition) is 1. The summed E-state index contributed by atoms with van der Waals surface area (Å²) in [7, 11) is 0. The van der Waals surface area contributed by atoms with E-state index in [1.165, 1.54) is 16.9 Å². The molecule has 2 aromatic heterocycles. The third-order valence-corrected chi connectivity index (χ3v) is 4.53. The van der Waals surface area contributed by atoms with Gasteiger partial charge in [0.2, 0.25) is 5.91 Å². The zero-order valence-electron chi connectivity index (χ0n) is 16.0. The molecule has 0 radical (unpaired) electrons. The SMILES string of the molecule is C/C=C\C=C/C(CC(=O)Nc1ccc(-n2nc(C(F)(F)F)cc2C2CC2)nc1)=NCl. The van der Waals surface area contributed by atoms with Crippen molar-refractivity contribution in [1.29, 1.82) is 0 Å². The van der Waals surface area contributed by atoms with Gasteiger partial charge in [0.05, 0.1) is 24.0 Å². The summed E-state index contributed by atoms with van der Waals surface area (Å²) in [4.78, 5) is 16.3. The molecule has 0 bridgehead atoms. The number of halogens is 4. The van der Waals surface area contributed by atoms with Gasteiger partial charge in [0, 0.05) is 23.4 Å². The molecule has 158 valence electrons. The molecule has 0 spiro atoms. The van der Waals surface area contributed by atoms with Gasteiger partial charge in [0.1, 0.15) is 0 Å². The van der Waals surface area contributed by atoms with Gasteiger partial charge in [0.25, 0.3) is 0 Å². The summed E-state index contributed by atoms with van der Waals surface area (Å²) in [5.41, 5.74) is 0.318. The lowest BCUT2D eigenvalue weighted by atomic mass is 10.2. The number of carbonyl (C=O) groups excluding carboxylic acids is 1. The number of amides is 1. The predicted octanol–water partition coefficient (Wildman–Crippen LogP) is 5.22. The molecule has 0 atom stereocenters. The second-order valence-electron chi connectivity index (χ2n) is 6.73. The zero-order valence-corrected chi connectivity index (χ0v) is 16.8. The Morgan fingerprint density at radius 2 is 2.13 bits per heavy atom. The number of hydrogen-bond acceptors (Lipinski definition) is 4. The van der Waals surface area contributed by atoms with Gasteiger partial charge in [-0.3, -0.25) is 4.79 Å². The second-order valence-corrected chi connectivity index (χ2v) is 6.90. The minimum Gasteiger partial charge on any atom is -0.324 e. The number of carbonyl (C=O) groups is 1. The Morgan fingerprint density at radius 3 is 2.70 bits per heavy atom. The van der Waals surface area contributed by atoms with Crippen LogP contribution in [-0.2, 0) is 11.0 Å². The first-order valence-corrected chi connectivity index (χ1v) is 9.56. The molecule has 1 fully saturated rings. The molecule has 2 aromatic rings. The number of pyridine rings is 1. The van der Waals surface area contributed by atoms with Crippen molar-refractivity contribution in [3.63, 3.8) is 0 Å². The normalized spacial score (nSPS) is 15.3. The molecule has 0 unspecified atom stereocenters. The maximum atomic E-state index is 13.0. The quantitative estimate of drug-likeness (QED) is 0.477. The van der Waals surface area contributed by atoms with Crippen molar-refractivity contribution < 1.29 is 18.0 Å². The van der Waals surface area contributed by atoms with Gasteiger partial charge in [-0.1, -0.05) is 18.2 Å². The Hall–Kier alpha value is -2.94. The fourth-order valence-electron chi connectivity index (χ4n) is 2.74. The van der Waals surface area contributed by atoms with E-state index in [-0.39, 0.29) is 24.1 Å². The van der Waals surface area contributed by atoms with E-state index < -0.39 is 11.9 Å². The van der Waals surface area contributed by atoms with Crippen LogP contribution in [0.2, 0.25) is 0 Å². The van der Waals surface area contributed by atoms with Gasteiger partial charge in [-0.15, -0.1) is 0 Å². The van der Waals surface area contributed by atoms with Gasteiger partial charge in [-0.25, -0.2) is 9.67 Å². The lowest BCUT2D eigenvalue weighted by molar-refractivity contribution is -0.141. The first-order chi connectivity index (χ1) is 14.3. The van der Waals surface area contributed by atoms with Gasteiger partial charge >= 0.3 is 6.18 Å². The molecule has 1 saturated carbocycles. The lowest BCUT2D eigenvalue weighted by Gasteiger charge is -2.08. The molecule has 10 heteroatoms. The molecule has 1 aliphatic carbocycles. The summed E-state index contributed by atoms with van der Waals surface area (Å²) in [6, 6.07) is 4.14.